The zero-order valence-corrected chi connectivity index (χ0v) is 23.1. The summed E-state index contributed by atoms with van der Waals surface area (Å²) in [5.74, 6) is 2.66. The minimum Gasteiger partial charge on any atom is -0.0628 e. The summed E-state index contributed by atoms with van der Waals surface area (Å²) < 4.78 is 0. The molecule has 0 aliphatic carbocycles. The summed E-state index contributed by atoms with van der Waals surface area (Å²) in [6, 6.07) is 26.8. The third-order valence-corrected chi connectivity index (χ3v) is 6.67. The van der Waals surface area contributed by atoms with Gasteiger partial charge in [0.15, 0.2) is 0 Å². The topological polar surface area (TPSA) is 0 Å². The van der Waals surface area contributed by atoms with Gasteiger partial charge in [0.05, 0.1) is 0 Å². The SMILES string of the molecule is CC(C)CCc1ccc(C(C)C)cc1.CC(C)c1ccccc1CCc1ccccc1C(C)C. The summed E-state index contributed by atoms with van der Waals surface area (Å²) in [6.45, 7) is 18.2. The molecule has 0 saturated carbocycles. The third-order valence-electron chi connectivity index (χ3n) is 6.67. The molecule has 0 heteroatoms. The molecule has 0 N–H and O–H groups in total. The van der Waals surface area contributed by atoms with Crippen molar-refractivity contribution in [2.24, 2.45) is 5.92 Å². The monoisotopic (exact) mass is 456 g/mol. The van der Waals surface area contributed by atoms with Gasteiger partial charge in [-0.3, -0.25) is 0 Å². The van der Waals surface area contributed by atoms with Crippen LogP contribution in [0, 0.1) is 5.92 Å². The number of rotatable bonds is 9. The van der Waals surface area contributed by atoms with Crippen LogP contribution < -0.4 is 0 Å². The lowest BCUT2D eigenvalue weighted by Gasteiger charge is -2.15. The van der Waals surface area contributed by atoms with Crippen molar-refractivity contribution in [1.82, 2.24) is 0 Å². The van der Waals surface area contributed by atoms with Gasteiger partial charge in [0.2, 0.25) is 0 Å². The molecular formula is C34H48. The second-order valence-corrected chi connectivity index (χ2v) is 11.0. The molecule has 0 heterocycles. The standard InChI is InChI=1S/C20H26.C14H22/c1-15(2)19-11-7-5-9-17(19)13-14-18-10-6-8-12-20(18)16(3)4;1-11(2)5-6-13-7-9-14(10-8-13)12(3)4/h5-12,15-16H,13-14H2,1-4H3;7-12H,5-6H2,1-4H3. The Morgan fingerprint density at radius 3 is 1.29 bits per heavy atom. The van der Waals surface area contributed by atoms with Crippen LogP contribution in [0.1, 0.15) is 113 Å². The third kappa shape index (κ3) is 9.13. The van der Waals surface area contributed by atoms with Crippen molar-refractivity contribution in [1.29, 1.82) is 0 Å². The lowest BCUT2D eigenvalue weighted by molar-refractivity contribution is 0.586. The van der Waals surface area contributed by atoms with Crippen LogP contribution >= 0.6 is 0 Å². The normalized spacial score (nSPS) is 11.3. The van der Waals surface area contributed by atoms with E-state index in [1.165, 1.54) is 46.2 Å². The molecule has 0 nitrogen and oxygen atoms in total. The quantitative estimate of drug-likeness (QED) is 0.300. The van der Waals surface area contributed by atoms with E-state index in [0.717, 1.165) is 18.8 Å². The van der Waals surface area contributed by atoms with Crippen LogP contribution in [0.5, 0.6) is 0 Å². The van der Waals surface area contributed by atoms with Crippen LogP contribution in [-0.4, -0.2) is 0 Å². The summed E-state index contributed by atoms with van der Waals surface area (Å²) >= 11 is 0. The van der Waals surface area contributed by atoms with Gasteiger partial charge >= 0.3 is 0 Å². The lowest BCUT2D eigenvalue weighted by atomic mass is 9.90. The number of hydrogen-bond acceptors (Lipinski definition) is 0. The molecule has 0 radical (unpaired) electrons. The van der Waals surface area contributed by atoms with Crippen LogP contribution in [0.3, 0.4) is 0 Å². The largest absolute Gasteiger partial charge is 0.0628 e. The van der Waals surface area contributed by atoms with Gasteiger partial charge in [-0.25, -0.2) is 0 Å². The highest BCUT2D eigenvalue weighted by atomic mass is 14.1. The average molecular weight is 457 g/mol. The van der Waals surface area contributed by atoms with Crippen molar-refractivity contribution in [2.75, 3.05) is 0 Å². The molecule has 0 spiro atoms. The van der Waals surface area contributed by atoms with Crippen LogP contribution in [0.25, 0.3) is 0 Å². The Labute approximate surface area is 210 Å². The molecule has 0 aromatic heterocycles. The molecule has 0 unspecified atom stereocenters. The Kier molecular flexibility index (Phi) is 11.6. The maximum atomic E-state index is 2.29. The first-order valence-electron chi connectivity index (χ1n) is 13.4. The Balaban J connectivity index is 0.000000257. The highest BCUT2D eigenvalue weighted by Crippen LogP contribution is 2.24. The van der Waals surface area contributed by atoms with Gasteiger partial charge in [-0.1, -0.05) is 128 Å². The zero-order chi connectivity index (χ0) is 25.1. The van der Waals surface area contributed by atoms with Gasteiger partial charge in [0, 0.05) is 0 Å². The molecule has 3 aromatic rings. The van der Waals surface area contributed by atoms with Crippen LogP contribution in [0.2, 0.25) is 0 Å². The first kappa shape index (κ1) is 27.9. The van der Waals surface area contributed by atoms with Crippen molar-refractivity contribution >= 4 is 0 Å². The summed E-state index contributed by atoms with van der Waals surface area (Å²) in [7, 11) is 0. The Morgan fingerprint density at radius 1 is 0.471 bits per heavy atom. The molecule has 0 atom stereocenters. The van der Waals surface area contributed by atoms with E-state index in [9.17, 15) is 0 Å². The summed E-state index contributed by atoms with van der Waals surface area (Å²) in [4.78, 5) is 0. The van der Waals surface area contributed by atoms with Crippen LogP contribution in [-0.2, 0) is 19.3 Å². The highest BCUT2D eigenvalue weighted by molar-refractivity contribution is 5.34. The Bertz CT molecular complexity index is 906. The maximum Gasteiger partial charge on any atom is -0.0216 e. The van der Waals surface area contributed by atoms with Crippen molar-refractivity contribution < 1.29 is 0 Å². The molecule has 3 aromatic carbocycles. The smallest absolute Gasteiger partial charge is 0.0216 e. The van der Waals surface area contributed by atoms with E-state index in [2.05, 4.69) is 128 Å². The van der Waals surface area contributed by atoms with Gasteiger partial charge < -0.3 is 0 Å². The molecular weight excluding hydrogens is 408 g/mol. The summed E-state index contributed by atoms with van der Waals surface area (Å²) in [6.07, 6.45) is 4.78. The fourth-order valence-corrected chi connectivity index (χ4v) is 4.44. The van der Waals surface area contributed by atoms with Gasteiger partial charge in [-0.05, 0) is 82.7 Å². The van der Waals surface area contributed by atoms with E-state index in [4.69, 9.17) is 0 Å². The molecule has 0 amide bonds. The van der Waals surface area contributed by atoms with Crippen molar-refractivity contribution in [3.63, 3.8) is 0 Å². The van der Waals surface area contributed by atoms with Gasteiger partial charge in [0.25, 0.3) is 0 Å². The zero-order valence-electron chi connectivity index (χ0n) is 23.1. The predicted octanol–water partition coefficient (Wildman–Crippen LogP) is 10.1. The van der Waals surface area contributed by atoms with E-state index >= 15 is 0 Å². The highest BCUT2D eigenvalue weighted by Gasteiger charge is 2.09. The molecule has 0 saturated heterocycles. The van der Waals surface area contributed by atoms with Gasteiger partial charge in [0.1, 0.15) is 0 Å². The van der Waals surface area contributed by atoms with Crippen molar-refractivity contribution in [2.45, 2.75) is 98.8 Å². The number of benzene rings is 3. The minimum absolute atomic E-state index is 0.603. The molecule has 3 rings (SSSR count). The summed E-state index contributed by atoms with van der Waals surface area (Å²) in [5.41, 5.74) is 8.91. The van der Waals surface area contributed by atoms with E-state index in [-0.39, 0.29) is 0 Å². The summed E-state index contributed by atoms with van der Waals surface area (Å²) in [5, 5.41) is 0. The fourth-order valence-electron chi connectivity index (χ4n) is 4.44. The van der Waals surface area contributed by atoms with Gasteiger partial charge in [-0.2, -0.15) is 0 Å². The number of hydrogen-bond donors (Lipinski definition) is 0. The molecule has 184 valence electrons. The first-order valence-corrected chi connectivity index (χ1v) is 13.4. The average Bonchev–Trinajstić information content (AvgIpc) is 2.82. The van der Waals surface area contributed by atoms with E-state index in [0.29, 0.717) is 17.8 Å². The van der Waals surface area contributed by atoms with Gasteiger partial charge in [-0.15, -0.1) is 0 Å². The predicted molar refractivity (Wildman–Crippen MR) is 152 cm³/mol. The van der Waals surface area contributed by atoms with E-state index in [1.807, 2.05) is 0 Å². The van der Waals surface area contributed by atoms with Crippen LogP contribution in [0.15, 0.2) is 72.8 Å². The van der Waals surface area contributed by atoms with E-state index in [1.54, 1.807) is 0 Å². The van der Waals surface area contributed by atoms with E-state index < -0.39 is 0 Å². The van der Waals surface area contributed by atoms with Crippen molar-refractivity contribution in [3.05, 3.63) is 106 Å². The maximum absolute atomic E-state index is 2.29. The minimum atomic E-state index is 0.603. The lowest BCUT2D eigenvalue weighted by Crippen LogP contribution is -2.01. The second-order valence-electron chi connectivity index (χ2n) is 11.0. The first-order chi connectivity index (χ1) is 16.2. The fraction of sp³-hybridized carbons (Fsp3) is 0.471. The molecule has 0 bridgehead atoms. The molecule has 0 aliphatic heterocycles. The molecule has 34 heavy (non-hydrogen) atoms. The van der Waals surface area contributed by atoms with Crippen molar-refractivity contribution in [3.8, 4) is 0 Å². The van der Waals surface area contributed by atoms with Crippen LogP contribution in [0.4, 0.5) is 0 Å². The Hall–Kier alpha value is -2.34. The number of aryl methyl sites for hydroxylation is 3. The molecule has 0 fully saturated rings. The molecule has 0 aliphatic rings. The second kappa shape index (κ2) is 14.1. The Morgan fingerprint density at radius 2 is 0.912 bits per heavy atom.